The largest absolute Gasteiger partial charge is 0.329 e. The molecule has 0 amide bonds. The van der Waals surface area contributed by atoms with Gasteiger partial charge in [-0.3, -0.25) is 4.90 Å². The number of benzene rings is 1. The van der Waals surface area contributed by atoms with Crippen molar-refractivity contribution in [2.45, 2.75) is 18.9 Å². The summed E-state index contributed by atoms with van der Waals surface area (Å²) in [6.45, 7) is 4.66. The van der Waals surface area contributed by atoms with Crippen LogP contribution in [0.15, 0.2) is 18.2 Å². The van der Waals surface area contributed by atoms with E-state index in [1.54, 1.807) is 12.1 Å². The molecule has 5 heteroatoms. The summed E-state index contributed by atoms with van der Waals surface area (Å²) in [5.41, 5.74) is 6.47. The summed E-state index contributed by atoms with van der Waals surface area (Å²) < 4.78 is 14.0. The van der Waals surface area contributed by atoms with Gasteiger partial charge < -0.3 is 10.6 Å². The lowest BCUT2D eigenvalue weighted by Gasteiger charge is -2.29. The van der Waals surface area contributed by atoms with Gasteiger partial charge in [-0.1, -0.05) is 17.7 Å². The number of rotatable bonds is 6. The van der Waals surface area contributed by atoms with Crippen molar-refractivity contribution in [1.82, 2.24) is 9.80 Å². The molecule has 0 aliphatic carbocycles. The van der Waals surface area contributed by atoms with Gasteiger partial charge in [0.05, 0.1) is 0 Å². The fourth-order valence-electron chi connectivity index (χ4n) is 2.78. The maximum atomic E-state index is 14.0. The normalized spacial score (nSPS) is 17.9. The zero-order chi connectivity index (χ0) is 14.5. The molecule has 1 aliphatic heterocycles. The minimum Gasteiger partial charge on any atom is -0.329 e. The van der Waals surface area contributed by atoms with Crippen LogP contribution >= 0.6 is 11.6 Å². The highest BCUT2D eigenvalue weighted by Gasteiger charge is 2.20. The summed E-state index contributed by atoms with van der Waals surface area (Å²) in [6.07, 6.45) is 2.58. The second-order valence-electron chi connectivity index (χ2n) is 5.45. The Morgan fingerprint density at radius 1 is 1.40 bits per heavy atom. The van der Waals surface area contributed by atoms with Crippen molar-refractivity contribution < 1.29 is 4.39 Å². The van der Waals surface area contributed by atoms with E-state index in [2.05, 4.69) is 9.80 Å². The highest BCUT2D eigenvalue weighted by atomic mass is 35.5. The Balaban J connectivity index is 1.98. The van der Waals surface area contributed by atoms with Crippen LogP contribution in [0.25, 0.3) is 0 Å². The van der Waals surface area contributed by atoms with Crippen LogP contribution in [0, 0.1) is 5.82 Å². The van der Waals surface area contributed by atoms with E-state index in [1.165, 1.54) is 32.0 Å². The Morgan fingerprint density at radius 3 is 2.70 bits per heavy atom. The molecule has 1 aromatic rings. The number of nitrogens with zero attached hydrogens (tertiary/aromatic N) is 2. The zero-order valence-electron chi connectivity index (χ0n) is 12.0. The first-order valence-electron chi connectivity index (χ1n) is 7.19. The van der Waals surface area contributed by atoms with E-state index in [1.807, 2.05) is 7.05 Å². The SMILES string of the molecule is CN(CCN1CCCC1)C(CN)c1ccc(Cl)cc1F. The maximum Gasteiger partial charge on any atom is 0.129 e. The van der Waals surface area contributed by atoms with Gasteiger partial charge in [0.15, 0.2) is 0 Å². The van der Waals surface area contributed by atoms with Gasteiger partial charge in [0, 0.05) is 36.3 Å². The lowest BCUT2D eigenvalue weighted by Crippen LogP contribution is -2.37. The number of halogens is 2. The third-order valence-corrected chi connectivity index (χ3v) is 4.28. The molecule has 0 aromatic heterocycles. The second kappa shape index (κ2) is 7.36. The summed E-state index contributed by atoms with van der Waals surface area (Å²) >= 11 is 5.80. The number of hydrogen-bond acceptors (Lipinski definition) is 3. The van der Waals surface area contributed by atoms with Crippen molar-refractivity contribution in [2.24, 2.45) is 5.73 Å². The van der Waals surface area contributed by atoms with Crippen molar-refractivity contribution in [3.8, 4) is 0 Å². The summed E-state index contributed by atoms with van der Waals surface area (Å²) in [5.74, 6) is -0.277. The van der Waals surface area contributed by atoms with Crippen LogP contribution in [0.1, 0.15) is 24.4 Å². The molecule has 0 saturated carbocycles. The highest BCUT2D eigenvalue weighted by Crippen LogP contribution is 2.24. The Morgan fingerprint density at radius 2 is 2.10 bits per heavy atom. The predicted molar refractivity (Wildman–Crippen MR) is 81.5 cm³/mol. The standard InChI is InChI=1S/C15H23ClFN3/c1-19(8-9-20-6-2-3-7-20)15(11-18)13-5-4-12(16)10-14(13)17/h4-5,10,15H,2-3,6-9,11,18H2,1H3. The van der Waals surface area contributed by atoms with E-state index >= 15 is 0 Å². The van der Waals surface area contributed by atoms with Crippen molar-refractivity contribution in [2.75, 3.05) is 39.8 Å². The molecule has 2 rings (SSSR count). The molecule has 112 valence electrons. The first-order valence-corrected chi connectivity index (χ1v) is 7.57. The van der Waals surface area contributed by atoms with Gasteiger partial charge in [0.2, 0.25) is 0 Å². The maximum absolute atomic E-state index is 14.0. The van der Waals surface area contributed by atoms with Crippen LogP contribution in [-0.2, 0) is 0 Å². The average Bonchev–Trinajstić information content (AvgIpc) is 2.93. The summed E-state index contributed by atoms with van der Waals surface area (Å²) in [7, 11) is 2.00. The molecule has 1 fully saturated rings. The van der Waals surface area contributed by atoms with Crippen LogP contribution in [-0.4, -0.2) is 49.6 Å². The van der Waals surface area contributed by atoms with Crippen molar-refractivity contribution >= 4 is 11.6 Å². The van der Waals surface area contributed by atoms with Gasteiger partial charge in [-0.15, -0.1) is 0 Å². The summed E-state index contributed by atoms with van der Waals surface area (Å²) in [4.78, 5) is 4.58. The molecule has 20 heavy (non-hydrogen) atoms. The fraction of sp³-hybridized carbons (Fsp3) is 0.600. The van der Waals surface area contributed by atoms with Gasteiger partial charge in [0.1, 0.15) is 5.82 Å². The van der Waals surface area contributed by atoms with Crippen LogP contribution in [0.3, 0.4) is 0 Å². The Kier molecular flexibility index (Phi) is 5.78. The van der Waals surface area contributed by atoms with Crippen LogP contribution in [0.5, 0.6) is 0 Å². The van der Waals surface area contributed by atoms with Gasteiger partial charge in [-0.2, -0.15) is 0 Å². The van der Waals surface area contributed by atoms with Crippen molar-refractivity contribution in [3.05, 3.63) is 34.6 Å². The third-order valence-electron chi connectivity index (χ3n) is 4.04. The van der Waals surface area contributed by atoms with Gasteiger partial charge in [-0.25, -0.2) is 4.39 Å². The van der Waals surface area contributed by atoms with E-state index < -0.39 is 0 Å². The highest BCUT2D eigenvalue weighted by molar-refractivity contribution is 6.30. The molecule has 0 spiro atoms. The van der Waals surface area contributed by atoms with E-state index in [-0.39, 0.29) is 11.9 Å². The molecule has 1 heterocycles. The quantitative estimate of drug-likeness (QED) is 0.876. The van der Waals surface area contributed by atoms with E-state index in [9.17, 15) is 4.39 Å². The van der Waals surface area contributed by atoms with E-state index in [4.69, 9.17) is 17.3 Å². The number of nitrogens with two attached hydrogens (primary N) is 1. The summed E-state index contributed by atoms with van der Waals surface area (Å²) in [6, 6.07) is 4.71. The van der Waals surface area contributed by atoms with Crippen LogP contribution in [0.2, 0.25) is 5.02 Å². The van der Waals surface area contributed by atoms with Gasteiger partial charge in [0.25, 0.3) is 0 Å². The van der Waals surface area contributed by atoms with E-state index in [0.717, 1.165) is 13.1 Å². The fourth-order valence-corrected chi connectivity index (χ4v) is 2.94. The molecular weight excluding hydrogens is 277 g/mol. The molecule has 3 nitrogen and oxygen atoms in total. The molecule has 0 bridgehead atoms. The second-order valence-corrected chi connectivity index (χ2v) is 5.88. The van der Waals surface area contributed by atoms with Gasteiger partial charge in [-0.05, 0) is 45.1 Å². The first-order chi connectivity index (χ1) is 9.61. The molecule has 1 atom stereocenters. The smallest absolute Gasteiger partial charge is 0.129 e. The van der Waals surface area contributed by atoms with Crippen molar-refractivity contribution in [3.63, 3.8) is 0 Å². The number of hydrogen-bond donors (Lipinski definition) is 1. The van der Waals surface area contributed by atoms with E-state index in [0.29, 0.717) is 17.1 Å². The molecule has 2 N–H and O–H groups in total. The Bertz CT molecular complexity index is 435. The molecule has 0 radical (unpaired) electrons. The minimum absolute atomic E-state index is 0.102. The molecule has 1 aliphatic rings. The number of likely N-dealkylation sites (tertiary alicyclic amines) is 1. The predicted octanol–water partition coefficient (Wildman–Crippen LogP) is 2.51. The molecule has 1 aromatic carbocycles. The van der Waals surface area contributed by atoms with Crippen molar-refractivity contribution in [1.29, 1.82) is 0 Å². The Labute approximate surface area is 125 Å². The monoisotopic (exact) mass is 299 g/mol. The molecular formula is C15H23ClFN3. The van der Waals surface area contributed by atoms with Crippen LogP contribution < -0.4 is 5.73 Å². The molecule has 1 saturated heterocycles. The average molecular weight is 300 g/mol. The summed E-state index contributed by atoms with van der Waals surface area (Å²) in [5, 5.41) is 0.418. The van der Waals surface area contributed by atoms with Gasteiger partial charge >= 0.3 is 0 Å². The topological polar surface area (TPSA) is 32.5 Å². The number of likely N-dealkylation sites (N-methyl/N-ethyl adjacent to an activating group) is 1. The minimum atomic E-state index is -0.277. The Hall–Kier alpha value is -0.680. The lowest BCUT2D eigenvalue weighted by atomic mass is 10.1. The molecule has 1 unspecified atom stereocenters. The lowest BCUT2D eigenvalue weighted by molar-refractivity contribution is 0.206. The zero-order valence-corrected chi connectivity index (χ0v) is 12.7. The third kappa shape index (κ3) is 3.92. The first kappa shape index (κ1) is 15.7. The van der Waals surface area contributed by atoms with Crippen LogP contribution in [0.4, 0.5) is 4.39 Å².